The zero-order chi connectivity index (χ0) is 17.2. The van der Waals surface area contributed by atoms with E-state index in [-0.39, 0.29) is 0 Å². The lowest BCUT2D eigenvalue weighted by molar-refractivity contribution is 0.336. The molecule has 130 valence electrons. The quantitative estimate of drug-likeness (QED) is 0.821. The molecule has 0 spiro atoms. The second-order valence-corrected chi connectivity index (χ2v) is 7.60. The van der Waals surface area contributed by atoms with Gasteiger partial charge >= 0.3 is 0 Å². The lowest BCUT2D eigenvalue weighted by Crippen LogP contribution is -2.27. The van der Waals surface area contributed by atoms with E-state index in [1.165, 1.54) is 48.8 Å². The van der Waals surface area contributed by atoms with Gasteiger partial charge in [-0.3, -0.25) is 0 Å². The zero-order valence-corrected chi connectivity index (χ0v) is 14.8. The van der Waals surface area contributed by atoms with Crippen LogP contribution in [-0.2, 0) is 12.8 Å². The Balaban J connectivity index is 1.35. The monoisotopic (exact) mass is 334 g/mol. The fourth-order valence-corrected chi connectivity index (χ4v) is 4.23. The predicted octanol–water partition coefficient (Wildman–Crippen LogP) is 5.06. The van der Waals surface area contributed by atoms with Crippen molar-refractivity contribution in [2.24, 2.45) is 5.92 Å². The fourth-order valence-electron chi connectivity index (χ4n) is 4.23. The lowest BCUT2D eigenvalue weighted by Gasteiger charge is -2.30. The summed E-state index contributed by atoms with van der Waals surface area (Å²) in [4.78, 5) is 4.51. The summed E-state index contributed by atoms with van der Waals surface area (Å²) in [6, 6.07) is 11.4. The maximum atomic E-state index is 9.78. The predicted molar refractivity (Wildman–Crippen MR) is 103 cm³/mol. The molecule has 2 aromatic rings. The molecule has 3 heteroatoms. The Labute approximate surface area is 149 Å². The van der Waals surface area contributed by atoms with E-state index < -0.39 is 0 Å². The highest BCUT2D eigenvalue weighted by Gasteiger charge is 2.23. The molecule has 2 aliphatic rings. The van der Waals surface area contributed by atoms with Crippen LogP contribution < -0.4 is 5.32 Å². The van der Waals surface area contributed by atoms with Crippen molar-refractivity contribution in [2.75, 3.05) is 5.32 Å². The number of nitrogens with one attached hydrogen (secondary N) is 1. The van der Waals surface area contributed by atoms with Gasteiger partial charge < -0.3 is 10.4 Å². The molecule has 2 aliphatic carbocycles. The number of anilines is 1. The number of allylic oxidation sites excluding steroid dienone is 1. The standard InChI is InChI=1S/C22H26N2O/c1-15-3-2-4-17(11-15)12-16-5-7-19(8-6-16)24-22-21-14-20(25)13-18(21)9-10-23-22/h2-4,9-11,14,16,19,25H,5-8,12-13H2,1H3,(H,23,24). The van der Waals surface area contributed by atoms with E-state index in [0.717, 1.165) is 17.3 Å². The highest BCUT2D eigenvalue weighted by Crippen LogP contribution is 2.32. The molecular weight excluding hydrogens is 308 g/mol. The van der Waals surface area contributed by atoms with Crippen molar-refractivity contribution in [1.82, 2.24) is 4.98 Å². The van der Waals surface area contributed by atoms with Crippen LogP contribution in [0.3, 0.4) is 0 Å². The van der Waals surface area contributed by atoms with Gasteiger partial charge in [-0.15, -0.1) is 0 Å². The van der Waals surface area contributed by atoms with Gasteiger partial charge in [0.1, 0.15) is 5.82 Å². The second-order valence-electron chi connectivity index (χ2n) is 7.60. The third-order valence-electron chi connectivity index (χ3n) is 5.56. The Kier molecular flexibility index (Phi) is 4.48. The van der Waals surface area contributed by atoms with Crippen molar-refractivity contribution < 1.29 is 5.11 Å². The first kappa shape index (κ1) is 16.2. The summed E-state index contributed by atoms with van der Waals surface area (Å²) < 4.78 is 0. The highest BCUT2D eigenvalue weighted by molar-refractivity contribution is 5.71. The van der Waals surface area contributed by atoms with Crippen molar-refractivity contribution in [1.29, 1.82) is 0 Å². The van der Waals surface area contributed by atoms with Gasteiger partial charge in [-0.2, -0.15) is 0 Å². The Hall–Kier alpha value is -2.29. The smallest absolute Gasteiger partial charge is 0.133 e. The van der Waals surface area contributed by atoms with Crippen LogP contribution in [0.25, 0.3) is 6.08 Å². The highest BCUT2D eigenvalue weighted by atomic mass is 16.3. The molecule has 1 heterocycles. The van der Waals surface area contributed by atoms with Crippen molar-refractivity contribution in [2.45, 2.75) is 51.5 Å². The van der Waals surface area contributed by atoms with Gasteiger partial charge in [0.2, 0.25) is 0 Å². The Bertz CT molecular complexity index is 788. The normalized spacial score (nSPS) is 22.4. The molecule has 1 aromatic heterocycles. The number of pyridine rings is 1. The molecule has 2 N–H and O–H groups in total. The molecule has 0 atom stereocenters. The molecule has 25 heavy (non-hydrogen) atoms. The largest absolute Gasteiger partial charge is 0.512 e. The number of aliphatic hydroxyl groups excluding tert-OH is 1. The first-order valence-electron chi connectivity index (χ1n) is 9.37. The van der Waals surface area contributed by atoms with E-state index >= 15 is 0 Å². The first-order valence-corrected chi connectivity index (χ1v) is 9.37. The Morgan fingerprint density at radius 3 is 2.80 bits per heavy atom. The average molecular weight is 334 g/mol. The number of aryl methyl sites for hydroxylation is 1. The minimum atomic E-state index is 0.438. The number of fused-ring (bicyclic) bond motifs is 1. The van der Waals surface area contributed by atoms with Crippen LogP contribution in [0, 0.1) is 12.8 Å². The molecule has 1 aromatic carbocycles. The molecule has 1 fully saturated rings. The maximum Gasteiger partial charge on any atom is 0.133 e. The minimum Gasteiger partial charge on any atom is -0.512 e. The molecule has 0 radical (unpaired) electrons. The topological polar surface area (TPSA) is 45.2 Å². The molecule has 1 saturated carbocycles. The van der Waals surface area contributed by atoms with Crippen molar-refractivity contribution in [3.8, 4) is 0 Å². The Morgan fingerprint density at radius 1 is 1.16 bits per heavy atom. The number of hydrogen-bond acceptors (Lipinski definition) is 3. The molecular formula is C22H26N2O. The van der Waals surface area contributed by atoms with Crippen LogP contribution in [0.4, 0.5) is 5.82 Å². The number of benzene rings is 1. The van der Waals surface area contributed by atoms with Gasteiger partial charge in [0.15, 0.2) is 0 Å². The number of aliphatic hydroxyl groups is 1. The average Bonchev–Trinajstić information content (AvgIpc) is 2.98. The maximum absolute atomic E-state index is 9.78. The number of nitrogens with zero attached hydrogens (tertiary/aromatic N) is 1. The van der Waals surface area contributed by atoms with Crippen LogP contribution in [0.15, 0.2) is 42.3 Å². The second kappa shape index (κ2) is 6.91. The summed E-state index contributed by atoms with van der Waals surface area (Å²) in [5.41, 5.74) is 5.07. The molecule has 0 saturated heterocycles. The molecule has 0 amide bonds. The molecule has 4 rings (SSSR count). The van der Waals surface area contributed by atoms with Crippen LogP contribution in [0.1, 0.15) is 47.9 Å². The van der Waals surface area contributed by atoms with Crippen LogP contribution in [-0.4, -0.2) is 16.1 Å². The molecule has 0 unspecified atom stereocenters. The van der Waals surface area contributed by atoms with Gasteiger partial charge in [0, 0.05) is 24.2 Å². The summed E-state index contributed by atoms with van der Waals surface area (Å²) in [6.07, 6.45) is 10.4. The van der Waals surface area contributed by atoms with E-state index in [2.05, 4.69) is 41.5 Å². The van der Waals surface area contributed by atoms with Gasteiger partial charge in [-0.25, -0.2) is 4.98 Å². The third-order valence-corrected chi connectivity index (χ3v) is 5.56. The fraction of sp³-hybridized carbons (Fsp3) is 0.409. The van der Waals surface area contributed by atoms with Gasteiger partial charge in [0.05, 0.1) is 5.76 Å². The first-order chi connectivity index (χ1) is 12.2. The van der Waals surface area contributed by atoms with E-state index in [1.54, 1.807) is 0 Å². The number of rotatable bonds is 4. The van der Waals surface area contributed by atoms with Crippen LogP contribution >= 0.6 is 0 Å². The van der Waals surface area contributed by atoms with E-state index in [0.29, 0.717) is 18.2 Å². The third kappa shape index (κ3) is 3.71. The molecule has 0 aliphatic heterocycles. The molecule has 0 bridgehead atoms. The summed E-state index contributed by atoms with van der Waals surface area (Å²) in [5.74, 6) is 2.16. The van der Waals surface area contributed by atoms with Gasteiger partial charge in [-0.05, 0) is 68.2 Å². The van der Waals surface area contributed by atoms with Crippen molar-refractivity contribution in [3.63, 3.8) is 0 Å². The summed E-state index contributed by atoms with van der Waals surface area (Å²) >= 11 is 0. The molecule has 3 nitrogen and oxygen atoms in total. The van der Waals surface area contributed by atoms with Crippen molar-refractivity contribution in [3.05, 3.63) is 64.5 Å². The Morgan fingerprint density at radius 2 is 2.00 bits per heavy atom. The summed E-state index contributed by atoms with van der Waals surface area (Å²) in [7, 11) is 0. The number of hydrogen-bond donors (Lipinski definition) is 2. The van der Waals surface area contributed by atoms with E-state index in [9.17, 15) is 5.11 Å². The van der Waals surface area contributed by atoms with E-state index in [4.69, 9.17) is 0 Å². The van der Waals surface area contributed by atoms with Gasteiger partial charge in [0.25, 0.3) is 0 Å². The van der Waals surface area contributed by atoms with Crippen LogP contribution in [0.5, 0.6) is 0 Å². The van der Waals surface area contributed by atoms with E-state index in [1.807, 2.05) is 18.3 Å². The zero-order valence-electron chi connectivity index (χ0n) is 14.8. The van der Waals surface area contributed by atoms with Crippen molar-refractivity contribution >= 4 is 11.9 Å². The summed E-state index contributed by atoms with van der Waals surface area (Å²) in [5, 5.41) is 13.4. The van der Waals surface area contributed by atoms with Crippen LogP contribution in [0.2, 0.25) is 0 Å². The minimum absolute atomic E-state index is 0.438. The lowest BCUT2D eigenvalue weighted by atomic mass is 9.82. The summed E-state index contributed by atoms with van der Waals surface area (Å²) in [6.45, 7) is 2.17. The SMILES string of the molecule is Cc1cccc(CC2CCC(Nc3nccc4c3C=C(O)C4)CC2)c1. The van der Waals surface area contributed by atoms with Gasteiger partial charge in [-0.1, -0.05) is 29.8 Å². The number of aromatic nitrogens is 1.